The summed E-state index contributed by atoms with van der Waals surface area (Å²) in [6, 6.07) is 0.365. The highest BCUT2D eigenvalue weighted by atomic mass is 16.3. The van der Waals surface area contributed by atoms with Crippen molar-refractivity contribution in [3.8, 4) is 0 Å². The summed E-state index contributed by atoms with van der Waals surface area (Å²) in [5.74, 6) is 0. The van der Waals surface area contributed by atoms with Crippen LogP contribution in [0.15, 0.2) is 0 Å². The molecule has 0 radical (unpaired) electrons. The minimum absolute atomic E-state index is 0.00600. The molecular formula is C14H29N3O2. The molecule has 0 aliphatic carbocycles. The van der Waals surface area contributed by atoms with Crippen molar-refractivity contribution in [1.82, 2.24) is 15.5 Å². The lowest BCUT2D eigenvalue weighted by Gasteiger charge is -2.35. The number of amides is 2. The topological polar surface area (TPSA) is 64.6 Å². The standard InChI is InChI=1S/C14H29N3O2/c1-3-12(11-18)16-14(19)15-8-10-17-9-6-5-7-13(17)4-2/h12-13,18H,3-11H2,1-2H3,(H2,15,16,19). The second-order valence-corrected chi connectivity index (χ2v) is 5.28. The van der Waals surface area contributed by atoms with Crippen LogP contribution < -0.4 is 10.6 Å². The minimum Gasteiger partial charge on any atom is -0.394 e. The van der Waals surface area contributed by atoms with Crippen LogP contribution in [-0.2, 0) is 0 Å². The molecule has 112 valence electrons. The molecule has 1 fully saturated rings. The van der Waals surface area contributed by atoms with Gasteiger partial charge in [0, 0.05) is 19.1 Å². The molecule has 0 spiro atoms. The van der Waals surface area contributed by atoms with Gasteiger partial charge in [-0.3, -0.25) is 4.90 Å². The van der Waals surface area contributed by atoms with E-state index in [2.05, 4.69) is 22.5 Å². The lowest BCUT2D eigenvalue weighted by molar-refractivity contribution is 0.145. The van der Waals surface area contributed by atoms with Gasteiger partial charge in [-0.05, 0) is 32.2 Å². The van der Waals surface area contributed by atoms with E-state index < -0.39 is 0 Å². The number of aliphatic hydroxyl groups excluding tert-OH is 1. The Morgan fingerprint density at radius 1 is 1.42 bits per heavy atom. The first-order valence-electron chi connectivity index (χ1n) is 7.60. The third-order valence-electron chi connectivity index (χ3n) is 3.95. The summed E-state index contributed by atoms with van der Waals surface area (Å²) >= 11 is 0. The van der Waals surface area contributed by atoms with E-state index in [0.717, 1.165) is 19.5 Å². The summed E-state index contributed by atoms with van der Waals surface area (Å²) in [5, 5.41) is 14.7. The number of urea groups is 1. The first-order valence-corrected chi connectivity index (χ1v) is 7.60. The maximum Gasteiger partial charge on any atom is 0.315 e. The maximum atomic E-state index is 11.6. The number of nitrogens with one attached hydrogen (secondary N) is 2. The molecule has 2 atom stereocenters. The molecule has 3 N–H and O–H groups in total. The normalized spacial score (nSPS) is 21.9. The van der Waals surface area contributed by atoms with E-state index in [4.69, 9.17) is 5.11 Å². The van der Waals surface area contributed by atoms with Gasteiger partial charge in [-0.2, -0.15) is 0 Å². The highest BCUT2D eigenvalue weighted by Crippen LogP contribution is 2.18. The van der Waals surface area contributed by atoms with Crippen molar-refractivity contribution < 1.29 is 9.90 Å². The number of nitrogens with zero attached hydrogens (tertiary/aromatic N) is 1. The first-order chi connectivity index (χ1) is 9.21. The fraction of sp³-hybridized carbons (Fsp3) is 0.929. The predicted octanol–water partition coefficient (Wildman–Crippen LogP) is 1.32. The number of carbonyl (C=O) groups is 1. The lowest BCUT2D eigenvalue weighted by Crippen LogP contribution is -2.47. The fourth-order valence-corrected chi connectivity index (χ4v) is 2.64. The van der Waals surface area contributed by atoms with E-state index in [0.29, 0.717) is 12.6 Å². The summed E-state index contributed by atoms with van der Waals surface area (Å²) in [7, 11) is 0. The molecule has 19 heavy (non-hydrogen) atoms. The fourth-order valence-electron chi connectivity index (χ4n) is 2.64. The average Bonchev–Trinajstić information content (AvgIpc) is 2.45. The van der Waals surface area contributed by atoms with Crippen LogP contribution in [0.2, 0.25) is 0 Å². The molecule has 1 aliphatic rings. The van der Waals surface area contributed by atoms with Crippen LogP contribution in [0.1, 0.15) is 46.0 Å². The van der Waals surface area contributed by atoms with Crippen molar-refractivity contribution in [2.45, 2.75) is 58.0 Å². The Hall–Kier alpha value is -0.810. The van der Waals surface area contributed by atoms with E-state index in [-0.39, 0.29) is 18.7 Å². The molecule has 2 unspecified atom stereocenters. The zero-order chi connectivity index (χ0) is 14.1. The molecule has 0 aromatic heterocycles. The Balaban J connectivity index is 2.19. The highest BCUT2D eigenvalue weighted by Gasteiger charge is 2.20. The summed E-state index contributed by atoms with van der Waals surface area (Å²) in [6.07, 6.45) is 5.82. The van der Waals surface area contributed by atoms with Gasteiger partial charge in [0.1, 0.15) is 0 Å². The number of rotatable bonds is 7. The highest BCUT2D eigenvalue weighted by molar-refractivity contribution is 5.74. The van der Waals surface area contributed by atoms with E-state index in [1.165, 1.54) is 25.7 Å². The Morgan fingerprint density at radius 2 is 2.21 bits per heavy atom. The van der Waals surface area contributed by atoms with Gasteiger partial charge in [-0.1, -0.05) is 20.3 Å². The van der Waals surface area contributed by atoms with Crippen LogP contribution in [0.4, 0.5) is 4.79 Å². The van der Waals surface area contributed by atoms with Crippen LogP contribution in [0.25, 0.3) is 0 Å². The Morgan fingerprint density at radius 3 is 2.84 bits per heavy atom. The van der Waals surface area contributed by atoms with Crippen molar-refractivity contribution in [2.24, 2.45) is 0 Å². The van der Waals surface area contributed by atoms with Gasteiger partial charge in [-0.25, -0.2) is 4.79 Å². The zero-order valence-corrected chi connectivity index (χ0v) is 12.3. The van der Waals surface area contributed by atoms with Crippen LogP contribution in [0, 0.1) is 0 Å². The molecule has 1 heterocycles. The Labute approximate surface area is 116 Å². The number of piperidine rings is 1. The van der Waals surface area contributed by atoms with Gasteiger partial charge >= 0.3 is 6.03 Å². The second kappa shape index (κ2) is 9.15. The molecule has 1 rings (SSSR count). The second-order valence-electron chi connectivity index (χ2n) is 5.28. The van der Waals surface area contributed by atoms with Crippen LogP contribution in [0.5, 0.6) is 0 Å². The van der Waals surface area contributed by atoms with Gasteiger partial charge < -0.3 is 15.7 Å². The SMILES string of the molecule is CCC(CO)NC(=O)NCCN1CCCCC1CC. The van der Waals surface area contributed by atoms with Crippen LogP contribution in [-0.4, -0.2) is 54.4 Å². The summed E-state index contributed by atoms with van der Waals surface area (Å²) in [4.78, 5) is 14.1. The number of likely N-dealkylation sites (tertiary alicyclic amines) is 1. The molecule has 2 amide bonds. The third-order valence-corrected chi connectivity index (χ3v) is 3.95. The third kappa shape index (κ3) is 5.78. The average molecular weight is 271 g/mol. The van der Waals surface area contributed by atoms with Gasteiger partial charge in [0.05, 0.1) is 12.6 Å². The van der Waals surface area contributed by atoms with Gasteiger partial charge in [0.25, 0.3) is 0 Å². The van der Waals surface area contributed by atoms with E-state index in [9.17, 15) is 4.79 Å². The van der Waals surface area contributed by atoms with E-state index in [1.54, 1.807) is 0 Å². The minimum atomic E-state index is -0.175. The maximum absolute atomic E-state index is 11.6. The van der Waals surface area contributed by atoms with Gasteiger partial charge in [0.15, 0.2) is 0 Å². The molecule has 5 heteroatoms. The lowest BCUT2D eigenvalue weighted by atomic mass is 10.0. The zero-order valence-electron chi connectivity index (χ0n) is 12.3. The van der Waals surface area contributed by atoms with Crippen molar-refractivity contribution in [3.63, 3.8) is 0 Å². The molecule has 0 saturated carbocycles. The van der Waals surface area contributed by atoms with E-state index >= 15 is 0 Å². The van der Waals surface area contributed by atoms with Crippen molar-refractivity contribution in [2.75, 3.05) is 26.2 Å². The van der Waals surface area contributed by atoms with E-state index in [1.807, 2.05) is 6.92 Å². The number of aliphatic hydroxyl groups is 1. The van der Waals surface area contributed by atoms with Crippen molar-refractivity contribution in [3.05, 3.63) is 0 Å². The van der Waals surface area contributed by atoms with Crippen molar-refractivity contribution >= 4 is 6.03 Å². The van der Waals surface area contributed by atoms with Crippen LogP contribution >= 0.6 is 0 Å². The largest absolute Gasteiger partial charge is 0.394 e. The number of hydrogen-bond acceptors (Lipinski definition) is 3. The van der Waals surface area contributed by atoms with Crippen LogP contribution in [0.3, 0.4) is 0 Å². The first kappa shape index (κ1) is 16.2. The predicted molar refractivity (Wildman–Crippen MR) is 77.2 cm³/mol. The molecule has 1 saturated heterocycles. The molecular weight excluding hydrogens is 242 g/mol. The smallest absolute Gasteiger partial charge is 0.315 e. The van der Waals surface area contributed by atoms with Gasteiger partial charge in [-0.15, -0.1) is 0 Å². The summed E-state index contributed by atoms with van der Waals surface area (Å²) in [5.41, 5.74) is 0. The monoisotopic (exact) mass is 271 g/mol. The molecule has 0 bridgehead atoms. The van der Waals surface area contributed by atoms with Crippen molar-refractivity contribution in [1.29, 1.82) is 0 Å². The number of hydrogen-bond donors (Lipinski definition) is 3. The number of carbonyl (C=O) groups excluding carboxylic acids is 1. The molecule has 0 aromatic carbocycles. The molecule has 0 aromatic rings. The Bertz CT molecular complexity index is 257. The Kier molecular flexibility index (Phi) is 7.82. The molecule has 5 nitrogen and oxygen atoms in total. The van der Waals surface area contributed by atoms with Gasteiger partial charge in [0.2, 0.25) is 0 Å². The summed E-state index contributed by atoms with van der Waals surface area (Å²) < 4.78 is 0. The quantitative estimate of drug-likeness (QED) is 0.654. The summed E-state index contributed by atoms with van der Waals surface area (Å²) in [6.45, 7) is 6.91. The molecule has 1 aliphatic heterocycles.